The van der Waals surface area contributed by atoms with Crippen molar-refractivity contribution in [3.05, 3.63) is 23.8 Å². The van der Waals surface area contributed by atoms with Crippen LogP contribution in [0, 0.1) is 11.8 Å². The van der Waals surface area contributed by atoms with Crippen molar-refractivity contribution < 1.29 is 14.3 Å². The van der Waals surface area contributed by atoms with E-state index in [0.29, 0.717) is 11.5 Å². The van der Waals surface area contributed by atoms with E-state index < -0.39 is 0 Å². The maximum atomic E-state index is 13.1. The molecule has 0 bridgehead atoms. The fourth-order valence-electron chi connectivity index (χ4n) is 4.57. The minimum absolute atomic E-state index is 0.0745. The van der Waals surface area contributed by atoms with Crippen molar-refractivity contribution in [2.45, 2.75) is 38.1 Å². The van der Waals surface area contributed by atoms with E-state index in [1.54, 1.807) is 19.2 Å². The summed E-state index contributed by atoms with van der Waals surface area (Å²) in [5, 5.41) is 10.1. The summed E-state index contributed by atoms with van der Waals surface area (Å²) in [6.45, 7) is 1.90. The quantitative estimate of drug-likeness (QED) is 0.899. The van der Waals surface area contributed by atoms with Crippen LogP contribution in [-0.2, 0) is 4.79 Å². The number of amides is 1. The van der Waals surface area contributed by atoms with Crippen molar-refractivity contribution in [3.63, 3.8) is 0 Å². The van der Waals surface area contributed by atoms with E-state index >= 15 is 0 Å². The molecule has 2 heterocycles. The molecular weight excluding hydrogens is 330 g/mol. The molecular formula is C20H27N3O3. The van der Waals surface area contributed by atoms with Crippen LogP contribution in [0.15, 0.2) is 23.3 Å². The Kier molecular flexibility index (Phi) is 4.85. The van der Waals surface area contributed by atoms with Crippen molar-refractivity contribution >= 4 is 11.6 Å². The number of carbonyl (C=O) groups excluding carboxylic acids is 1. The number of hydrogen-bond acceptors (Lipinski definition) is 5. The summed E-state index contributed by atoms with van der Waals surface area (Å²) in [6.07, 6.45) is 5.02. The normalized spacial score (nSPS) is 26.5. The van der Waals surface area contributed by atoms with Crippen molar-refractivity contribution in [1.29, 1.82) is 0 Å². The molecule has 140 valence electrons. The molecule has 6 heteroatoms. The summed E-state index contributed by atoms with van der Waals surface area (Å²) >= 11 is 0. The number of piperidine rings is 1. The van der Waals surface area contributed by atoms with Crippen molar-refractivity contribution in [2.24, 2.45) is 16.9 Å². The number of ether oxygens (including phenoxy) is 2. The number of fused-ring (bicyclic) bond motifs is 1. The van der Waals surface area contributed by atoms with E-state index in [9.17, 15) is 4.79 Å². The van der Waals surface area contributed by atoms with Gasteiger partial charge in [0, 0.05) is 17.4 Å². The van der Waals surface area contributed by atoms with Crippen LogP contribution in [0.2, 0.25) is 0 Å². The number of carbonyl (C=O) groups is 1. The number of nitrogens with one attached hydrogen (secondary N) is 1. The van der Waals surface area contributed by atoms with Crippen molar-refractivity contribution in [3.8, 4) is 11.5 Å². The van der Waals surface area contributed by atoms with Crippen LogP contribution in [0.4, 0.5) is 0 Å². The third kappa shape index (κ3) is 2.96. The van der Waals surface area contributed by atoms with E-state index in [0.717, 1.165) is 56.5 Å². The molecule has 2 atom stereocenters. The largest absolute Gasteiger partial charge is 0.493 e. The maximum absolute atomic E-state index is 13.1. The van der Waals surface area contributed by atoms with Gasteiger partial charge in [-0.05, 0) is 57.0 Å². The standard InChI is InChI=1S/C20H27N3O3/c1-25-17-7-6-13(12-18(17)26-2)19-15-4-3-5-16(15)20(24)23(22-19)14-8-10-21-11-9-14/h6-7,12,14-16,21H,3-5,8-11H2,1-2H3/t15-,16+/m0/s1. The fraction of sp³-hybridized carbons (Fsp3) is 0.600. The lowest BCUT2D eigenvalue weighted by Gasteiger charge is -2.38. The number of rotatable bonds is 4. The van der Waals surface area contributed by atoms with Crippen molar-refractivity contribution in [1.82, 2.24) is 10.3 Å². The molecule has 3 aliphatic rings. The second-order valence-electron chi connectivity index (χ2n) is 7.36. The molecule has 0 radical (unpaired) electrons. The van der Waals surface area contributed by atoms with Crippen LogP contribution in [0.25, 0.3) is 0 Å². The second-order valence-corrected chi connectivity index (χ2v) is 7.36. The summed E-state index contributed by atoms with van der Waals surface area (Å²) in [5.41, 5.74) is 2.07. The van der Waals surface area contributed by atoms with Gasteiger partial charge in [-0.25, -0.2) is 5.01 Å². The SMILES string of the molecule is COc1ccc(C2=NN(C3CCNCC3)C(=O)[C@@H]3CCC[C@H]23)cc1OC. The Morgan fingerprint density at radius 3 is 2.50 bits per heavy atom. The lowest BCUT2D eigenvalue weighted by atomic mass is 9.85. The molecule has 1 aromatic rings. The Hall–Kier alpha value is -2.08. The summed E-state index contributed by atoms with van der Waals surface area (Å²) in [4.78, 5) is 13.1. The first-order valence-corrected chi connectivity index (χ1v) is 9.57. The van der Waals surface area contributed by atoms with Gasteiger partial charge in [-0.1, -0.05) is 6.42 Å². The molecule has 1 N–H and O–H groups in total. The molecule has 2 aliphatic heterocycles. The van der Waals surface area contributed by atoms with Crippen molar-refractivity contribution in [2.75, 3.05) is 27.3 Å². The summed E-state index contributed by atoms with van der Waals surface area (Å²) in [5.74, 6) is 1.93. The van der Waals surface area contributed by atoms with Crippen LogP contribution in [0.3, 0.4) is 0 Å². The van der Waals surface area contributed by atoms with Gasteiger partial charge in [-0.15, -0.1) is 0 Å². The Morgan fingerprint density at radius 1 is 1.04 bits per heavy atom. The Morgan fingerprint density at radius 2 is 1.77 bits per heavy atom. The summed E-state index contributed by atoms with van der Waals surface area (Å²) in [7, 11) is 3.29. The van der Waals surface area contributed by atoms with Gasteiger partial charge in [-0.3, -0.25) is 4.79 Å². The number of nitrogens with zero attached hydrogens (tertiary/aromatic N) is 2. The van der Waals surface area contributed by atoms with Gasteiger partial charge in [-0.2, -0.15) is 5.10 Å². The minimum Gasteiger partial charge on any atom is -0.493 e. The molecule has 26 heavy (non-hydrogen) atoms. The monoisotopic (exact) mass is 357 g/mol. The maximum Gasteiger partial charge on any atom is 0.246 e. The number of methoxy groups -OCH3 is 2. The summed E-state index contributed by atoms with van der Waals surface area (Å²) < 4.78 is 10.8. The molecule has 1 aliphatic carbocycles. The van der Waals surface area contributed by atoms with E-state index in [-0.39, 0.29) is 23.8 Å². The Labute approximate surface area is 154 Å². The topological polar surface area (TPSA) is 63.2 Å². The van der Waals surface area contributed by atoms with Gasteiger partial charge >= 0.3 is 0 Å². The molecule has 2 fully saturated rings. The van der Waals surface area contributed by atoms with E-state index in [1.165, 1.54) is 0 Å². The third-order valence-corrected chi connectivity index (χ3v) is 5.96. The second kappa shape index (κ2) is 7.27. The third-order valence-electron chi connectivity index (χ3n) is 5.96. The Balaban J connectivity index is 1.73. The van der Waals surface area contributed by atoms with E-state index in [2.05, 4.69) is 5.32 Å². The zero-order chi connectivity index (χ0) is 18.1. The van der Waals surface area contributed by atoms with Gasteiger partial charge < -0.3 is 14.8 Å². The molecule has 6 nitrogen and oxygen atoms in total. The van der Waals surface area contributed by atoms with Gasteiger partial charge in [0.1, 0.15) is 0 Å². The van der Waals surface area contributed by atoms with Gasteiger partial charge in [0.15, 0.2) is 11.5 Å². The molecule has 1 saturated heterocycles. The number of hydrogen-bond donors (Lipinski definition) is 1. The Bertz CT molecular complexity index is 712. The molecule has 1 amide bonds. The zero-order valence-electron chi connectivity index (χ0n) is 15.5. The van der Waals surface area contributed by atoms with Crippen LogP contribution in [0.1, 0.15) is 37.7 Å². The molecule has 4 rings (SSSR count). The predicted molar refractivity (Wildman–Crippen MR) is 99.7 cm³/mol. The molecule has 1 saturated carbocycles. The molecule has 0 aromatic heterocycles. The van der Waals surface area contributed by atoms with Gasteiger partial charge in [0.05, 0.1) is 26.0 Å². The number of hydrazone groups is 1. The average molecular weight is 357 g/mol. The van der Waals surface area contributed by atoms with Gasteiger partial charge in [0.25, 0.3) is 0 Å². The first-order chi connectivity index (χ1) is 12.7. The highest BCUT2D eigenvalue weighted by atomic mass is 16.5. The highest BCUT2D eigenvalue weighted by Gasteiger charge is 2.44. The van der Waals surface area contributed by atoms with Crippen LogP contribution >= 0.6 is 0 Å². The highest BCUT2D eigenvalue weighted by Crippen LogP contribution is 2.41. The lowest BCUT2D eigenvalue weighted by molar-refractivity contribution is -0.140. The van der Waals surface area contributed by atoms with Gasteiger partial charge in [0.2, 0.25) is 5.91 Å². The van der Waals surface area contributed by atoms with Crippen LogP contribution in [0.5, 0.6) is 11.5 Å². The first kappa shape index (κ1) is 17.3. The van der Waals surface area contributed by atoms with E-state index in [4.69, 9.17) is 14.6 Å². The van der Waals surface area contributed by atoms with Crippen LogP contribution in [-0.4, -0.2) is 50.0 Å². The lowest BCUT2D eigenvalue weighted by Crippen LogP contribution is -2.50. The van der Waals surface area contributed by atoms with Crippen LogP contribution < -0.4 is 14.8 Å². The number of benzene rings is 1. The smallest absolute Gasteiger partial charge is 0.246 e. The average Bonchev–Trinajstić information content (AvgIpc) is 3.19. The molecule has 0 unspecified atom stereocenters. The summed E-state index contributed by atoms with van der Waals surface area (Å²) in [6, 6.07) is 6.15. The predicted octanol–water partition coefficient (Wildman–Crippen LogP) is 2.42. The van der Waals surface area contributed by atoms with E-state index in [1.807, 2.05) is 18.2 Å². The fourth-order valence-corrected chi connectivity index (χ4v) is 4.57. The highest BCUT2D eigenvalue weighted by molar-refractivity contribution is 6.07. The minimum atomic E-state index is 0.0745. The molecule has 1 aromatic carbocycles. The zero-order valence-corrected chi connectivity index (χ0v) is 15.5. The molecule has 0 spiro atoms. The first-order valence-electron chi connectivity index (χ1n) is 9.57.